The molecule has 1 aromatic carbocycles. The van der Waals surface area contributed by atoms with E-state index >= 15 is 0 Å². The van der Waals surface area contributed by atoms with Gasteiger partial charge < -0.3 is 14.4 Å². The van der Waals surface area contributed by atoms with Crippen LogP contribution in [0.1, 0.15) is 35.7 Å². The van der Waals surface area contributed by atoms with Crippen LogP contribution in [0.2, 0.25) is 0 Å². The highest BCUT2D eigenvalue weighted by atomic mass is 16.5. The van der Waals surface area contributed by atoms with Gasteiger partial charge in [-0.25, -0.2) is 0 Å². The summed E-state index contributed by atoms with van der Waals surface area (Å²) in [5, 5.41) is 0. The molecule has 1 heterocycles. The van der Waals surface area contributed by atoms with Gasteiger partial charge in [0.15, 0.2) is 11.5 Å². The first-order valence-electron chi connectivity index (χ1n) is 8.93. The molecular weight excluding hydrogens is 328 g/mol. The number of hydrogen-bond acceptors (Lipinski definition) is 4. The molecule has 136 valence electrons. The topological polar surface area (TPSA) is 51.7 Å². The number of pyridine rings is 1. The molecule has 0 spiro atoms. The highest BCUT2D eigenvalue weighted by Crippen LogP contribution is 2.33. The fourth-order valence-electron chi connectivity index (χ4n) is 2.78. The Bertz CT molecular complexity index is 757. The molecule has 5 nitrogen and oxygen atoms in total. The van der Waals surface area contributed by atoms with Crippen molar-refractivity contribution in [3.8, 4) is 11.5 Å². The molecule has 0 radical (unpaired) electrons. The van der Waals surface area contributed by atoms with E-state index in [9.17, 15) is 4.79 Å². The fourth-order valence-corrected chi connectivity index (χ4v) is 2.78. The van der Waals surface area contributed by atoms with Crippen LogP contribution in [0.3, 0.4) is 0 Å². The Hall–Kier alpha value is -2.82. The maximum absolute atomic E-state index is 13.1. The van der Waals surface area contributed by atoms with Crippen molar-refractivity contribution in [1.82, 2.24) is 9.88 Å². The summed E-state index contributed by atoms with van der Waals surface area (Å²) in [6.45, 7) is 7.02. The number of nitrogens with zero attached hydrogens (tertiary/aromatic N) is 2. The highest BCUT2D eigenvalue weighted by Gasteiger charge is 2.33. The van der Waals surface area contributed by atoms with E-state index in [0.29, 0.717) is 42.9 Å². The van der Waals surface area contributed by atoms with E-state index in [0.717, 1.165) is 18.4 Å². The first-order chi connectivity index (χ1) is 12.7. The molecule has 0 saturated heterocycles. The third-order valence-corrected chi connectivity index (χ3v) is 4.17. The minimum Gasteiger partial charge on any atom is -0.490 e. The van der Waals surface area contributed by atoms with Crippen LogP contribution in [0.4, 0.5) is 0 Å². The average Bonchev–Trinajstić information content (AvgIpc) is 3.51. The van der Waals surface area contributed by atoms with E-state index in [1.807, 2.05) is 24.0 Å². The third-order valence-electron chi connectivity index (χ3n) is 4.17. The maximum Gasteiger partial charge on any atom is 0.254 e. The molecule has 2 aromatic rings. The van der Waals surface area contributed by atoms with Gasteiger partial charge in [-0.15, -0.1) is 0 Å². The van der Waals surface area contributed by atoms with Crippen molar-refractivity contribution in [2.24, 2.45) is 0 Å². The van der Waals surface area contributed by atoms with Crippen LogP contribution >= 0.6 is 0 Å². The fraction of sp³-hybridized carbons (Fsp3) is 0.333. The Labute approximate surface area is 154 Å². The lowest BCUT2D eigenvalue weighted by atomic mass is 10.1. The average molecular weight is 352 g/mol. The smallest absolute Gasteiger partial charge is 0.254 e. The van der Waals surface area contributed by atoms with Crippen LogP contribution in [0.15, 0.2) is 55.4 Å². The van der Waals surface area contributed by atoms with E-state index in [-0.39, 0.29) is 5.91 Å². The molecule has 3 rings (SSSR count). The van der Waals surface area contributed by atoms with Crippen LogP contribution in [-0.4, -0.2) is 35.0 Å². The first kappa shape index (κ1) is 18.0. The Morgan fingerprint density at radius 1 is 1.31 bits per heavy atom. The first-order valence-corrected chi connectivity index (χ1v) is 8.93. The summed E-state index contributed by atoms with van der Waals surface area (Å²) in [7, 11) is 0. The van der Waals surface area contributed by atoms with Gasteiger partial charge in [-0.1, -0.05) is 18.7 Å². The molecule has 1 amide bonds. The molecule has 1 aliphatic carbocycles. The number of rotatable bonds is 9. The molecule has 1 fully saturated rings. The van der Waals surface area contributed by atoms with Gasteiger partial charge in [-0.3, -0.25) is 9.78 Å². The minimum absolute atomic E-state index is 0.00702. The van der Waals surface area contributed by atoms with Crippen molar-refractivity contribution < 1.29 is 14.3 Å². The second-order valence-corrected chi connectivity index (χ2v) is 6.22. The Balaban J connectivity index is 1.82. The van der Waals surface area contributed by atoms with Gasteiger partial charge in [-0.2, -0.15) is 0 Å². The van der Waals surface area contributed by atoms with Crippen molar-refractivity contribution in [1.29, 1.82) is 0 Å². The van der Waals surface area contributed by atoms with Crippen LogP contribution in [-0.2, 0) is 6.54 Å². The summed E-state index contributed by atoms with van der Waals surface area (Å²) in [4.78, 5) is 19.2. The van der Waals surface area contributed by atoms with Crippen molar-refractivity contribution in [2.75, 3.05) is 13.2 Å². The van der Waals surface area contributed by atoms with Crippen molar-refractivity contribution in [3.05, 3.63) is 66.5 Å². The highest BCUT2D eigenvalue weighted by molar-refractivity contribution is 5.95. The molecule has 1 aromatic heterocycles. The monoisotopic (exact) mass is 352 g/mol. The number of carbonyl (C=O) groups excluding carboxylic acids is 1. The van der Waals surface area contributed by atoms with Gasteiger partial charge in [0, 0.05) is 30.5 Å². The van der Waals surface area contributed by atoms with Crippen molar-refractivity contribution in [3.63, 3.8) is 0 Å². The van der Waals surface area contributed by atoms with Gasteiger partial charge in [0.1, 0.15) is 6.61 Å². The molecule has 5 heteroatoms. The predicted octanol–water partition coefficient (Wildman–Crippen LogP) is 3.85. The normalized spacial score (nSPS) is 13.1. The Morgan fingerprint density at radius 3 is 2.81 bits per heavy atom. The lowest BCUT2D eigenvalue weighted by Crippen LogP contribution is -2.32. The number of aromatic nitrogens is 1. The molecule has 0 unspecified atom stereocenters. The summed E-state index contributed by atoms with van der Waals surface area (Å²) in [5.74, 6) is 1.21. The molecule has 1 aliphatic rings. The third kappa shape index (κ3) is 4.42. The van der Waals surface area contributed by atoms with Gasteiger partial charge in [-0.05, 0) is 49.6 Å². The number of benzene rings is 1. The molecule has 0 atom stereocenters. The molecule has 26 heavy (non-hydrogen) atoms. The van der Waals surface area contributed by atoms with Crippen LogP contribution < -0.4 is 9.47 Å². The zero-order chi connectivity index (χ0) is 18.4. The van der Waals surface area contributed by atoms with Crippen LogP contribution in [0, 0.1) is 0 Å². The summed E-state index contributed by atoms with van der Waals surface area (Å²) >= 11 is 0. The van der Waals surface area contributed by atoms with Gasteiger partial charge in [0.25, 0.3) is 5.91 Å². The zero-order valence-electron chi connectivity index (χ0n) is 15.1. The molecule has 0 N–H and O–H groups in total. The Morgan fingerprint density at radius 2 is 2.15 bits per heavy atom. The lowest BCUT2D eigenvalue weighted by molar-refractivity contribution is 0.0729. The predicted molar refractivity (Wildman–Crippen MR) is 100 cm³/mol. The van der Waals surface area contributed by atoms with E-state index in [1.165, 1.54) is 0 Å². The van der Waals surface area contributed by atoms with Crippen molar-refractivity contribution >= 4 is 5.91 Å². The zero-order valence-corrected chi connectivity index (χ0v) is 15.1. The van der Waals surface area contributed by atoms with E-state index in [2.05, 4.69) is 11.6 Å². The second kappa shape index (κ2) is 8.52. The molecular formula is C21H24N2O3. The van der Waals surface area contributed by atoms with Crippen LogP contribution in [0.25, 0.3) is 0 Å². The van der Waals surface area contributed by atoms with Gasteiger partial charge in [0.05, 0.1) is 6.61 Å². The molecule has 0 aliphatic heterocycles. The summed E-state index contributed by atoms with van der Waals surface area (Å²) < 4.78 is 11.3. The molecule has 0 bridgehead atoms. The standard InChI is InChI=1S/C21H24N2O3/c1-3-12-26-19-10-7-17(13-20(19)25-4-2)21(24)23(18-8-9-18)15-16-6-5-11-22-14-16/h3,5-7,10-11,13-14,18H,1,4,8-9,12,15H2,2H3. The number of hydrogen-bond donors (Lipinski definition) is 0. The number of amides is 1. The largest absolute Gasteiger partial charge is 0.490 e. The van der Waals surface area contributed by atoms with E-state index in [4.69, 9.17) is 9.47 Å². The van der Waals surface area contributed by atoms with Crippen molar-refractivity contribution in [2.45, 2.75) is 32.4 Å². The van der Waals surface area contributed by atoms with Gasteiger partial charge >= 0.3 is 0 Å². The van der Waals surface area contributed by atoms with Crippen LogP contribution in [0.5, 0.6) is 11.5 Å². The minimum atomic E-state index is 0.00702. The summed E-state index contributed by atoms with van der Waals surface area (Å²) in [6, 6.07) is 9.54. The quantitative estimate of drug-likeness (QED) is 0.643. The van der Waals surface area contributed by atoms with E-state index in [1.54, 1.807) is 36.7 Å². The lowest BCUT2D eigenvalue weighted by Gasteiger charge is -2.23. The SMILES string of the molecule is C=CCOc1ccc(C(=O)N(Cc2cccnc2)C2CC2)cc1OCC. The number of carbonyl (C=O) groups is 1. The summed E-state index contributed by atoms with van der Waals surface area (Å²) in [6.07, 6.45) is 7.32. The van der Waals surface area contributed by atoms with Gasteiger partial charge in [0.2, 0.25) is 0 Å². The maximum atomic E-state index is 13.1. The Kier molecular flexibility index (Phi) is 5.89. The number of ether oxygens (including phenoxy) is 2. The molecule has 1 saturated carbocycles. The summed E-state index contributed by atoms with van der Waals surface area (Å²) in [5.41, 5.74) is 1.64. The second-order valence-electron chi connectivity index (χ2n) is 6.22. The van der Waals surface area contributed by atoms with E-state index < -0.39 is 0 Å².